The normalized spacial score (nSPS) is 10.7. The van der Waals surface area contributed by atoms with Crippen LogP contribution in [0, 0.1) is 0 Å². The maximum Gasteiger partial charge on any atom is 0.0734 e. The molecule has 0 atom stereocenters. The fraction of sp³-hybridized carbons (Fsp3) is 0.118. The van der Waals surface area contributed by atoms with Crippen LogP contribution in [0.4, 0.5) is 11.4 Å². The summed E-state index contributed by atoms with van der Waals surface area (Å²) in [6, 6.07) is 16.6. The number of aryl methyl sites for hydroxylation is 1. The molecule has 2 aromatic carbocycles. The van der Waals surface area contributed by atoms with E-state index >= 15 is 0 Å². The minimum Gasteiger partial charge on any atom is -0.355 e. The summed E-state index contributed by atoms with van der Waals surface area (Å²) >= 11 is 3.49. The number of para-hydroxylation sites is 1. The first kappa shape index (κ1) is 13.1. The van der Waals surface area contributed by atoms with Gasteiger partial charge >= 0.3 is 0 Å². The van der Waals surface area contributed by atoms with Crippen molar-refractivity contribution in [3.05, 3.63) is 64.8 Å². The molecule has 0 unspecified atom stereocenters. The number of nitrogens with zero attached hydrogens (tertiary/aromatic N) is 1. The summed E-state index contributed by atoms with van der Waals surface area (Å²) in [5, 5.41) is 4.66. The highest BCUT2D eigenvalue weighted by atomic mass is 79.9. The Morgan fingerprint density at radius 1 is 1.05 bits per heavy atom. The highest BCUT2D eigenvalue weighted by Crippen LogP contribution is 2.28. The number of rotatable bonds is 3. The van der Waals surface area contributed by atoms with Crippen LogP contribution in [0.1, 0.15) is 12.5 Å². The fourth-order valence-electron chi connectivity index (χ4n) is 2.33. The number of aromatic nitrogens is 1. The standard InChI is InChI=1S/C17H15BrN2/c1-2-12-5-3-4-6-15(12)20-16-9-10-19-17-11-13(18)7-8-14(16)17/h3-11H,2H2,1H3,(H,19,20). The van der Waals surface area contributed by atoms with Crippen LogP contribution in [0.25, 0.3) is 10.9 Å². The van der Waals surface area contributed by atoms with Gasteiger partial charge in [0.1, 0.15) is 0 Å². The van der Waals surface area contributed by atoms with E-state index < -0.39 is 0 Å². The first-order valence-electron chi connectivity index (χ1n) is 6.67. The van der Waals surface area contributed by atoms with Gasteiger partial charge in [-0.3, -0.25) is 4.98 Å². The van der Waals surface area contributed by atoms with Crippen LogP contribution in [-0.2, 0) is 6.42 Å². The summed E-state index contributed by atoms with van der Waals surface area (Å²) in [5.41, 5.74) is 4.54. The molecule has 0 aliphatic rings. The van der Waals surface area contributed by atoms with E-state index in [1.807, 2.05) is 24.4 Å². The number of nitrogens with one attached hydrogen (secondary N) is 1. The van der Waals surface area contributed by atoms with Gasteiger partial charge in [-0.15, -0.1) is 0 Å². The molecule has 0 bridgehead atoms. The quantitative estimate of drug-likeness (QED) is 0.706. The molecule has 3 aromatic rings. The molecule has 0 fully saturated rings. The third-order valence-electron chi connectivity index (χ3n) is 3.37. The Kier molecular flexibility index (Phi) is 3.70. The fourth-order valence-corrected chi connectivity index (χ4v) is 2.67. The van der Waals surface area contributed by atoms with Gasteiger partial charge in [0.25, 0.3) is 0 Å². The molecular weight excluding hydrogens is 312 g/mol. The van der Waals surface area contributed by atoms with Crippen LogP contribution >= 0.6 is 15.9 Å². The summed E-state index contributed by atoms with van der Waals surface area (Å²) in [5.74, 6) is 0. The Labute approximate surface area is 127 Å². The van der Waals surface area contributed by atoms with Crippen molar-refractivity contribution in [2.45, 2.75) is 13.3 Å². The molecule has 20 heavy (non-hydrogen) atoms. The second kappa shape index (κ2) is 5.63. The lowest BCUT2D eigenvalue weighted by molar-refractivity contribution is 1.14. The predicted octanol–water partition coefficient (Wildman–Crippen LogP) is 5.30. The van der Waals surface area contributed by atoms with Gasteiger partial charge in [-0.25, -0.2) is 0 Å². The molecule has 1 heterocycles. The zero-order chi connectivity index (χ0) is 13.9. The average molecular weight is 327 g/mol. The van der Waals surface area contributed by atoms with E-state index in [0.29, 0.717) is 0 Å². The molecule has 0 aliphatic carbocycles. The van der Waals surface area contributed by atoms with Gasteiger partial charge in [0.05, 0.1) is 5.52 Å². The van der Waals surface area contributed by atoms with Crippen molar-refractivity contribution in [3.8, 4) is 0 Å². The highest BCUT2D eigenvalue weighted by Gasteiger charge is 2.05. The SMILES string of the molecule is CCc1ccccc1Nc1ccnc2cc(Br)ccc12. The van der Waals surface area contributed by atoms with Crippen LogP contribution in [0.15, 0.2) is 59.2 Å². The van der Waals surface area contributed by atoms with Crippen molar-refractivity contribution in [3.63, 3.8) is 0 Å². The van der Waals surface area contributed by atoms with Crippen molar-refractivity contribution >= 4 is 38.2 Å². The number of pyridine rings is 1. The zero-order valence-corrected chi connectivity index (χ0v) is 12.8. The molecule has 1 N–H and O–H groups in total. The minimum absolute atomic E-state index is 0.985. The molecule has 0 amide bonds. The zero-order valence-electron chi connectivity index (χ0n) is 11.2. The molecular formula is C17H15BrN2. The lowest BCUT2D eigenvalue weighted by atomic mass is 10.1. The molecule has 0 saturated heterocycles. The maximum absolute atomic E-state index is 4.42. The Balaban J connectivity index is 2.07. The number of fused-ring (bicyclic) bond motifs is 1. The summed E-state index contributed by atoms with van der Waals surface area (Å²) in [7, 11) is 0. The Hall–Kier alpha value is -1.87. The van der Waals surface area contributed by atoms with Gasteiger partial charge < -0.3 is 5.32 Å². The van der Waals surface area contributed by atoms with Gasteiger partial charge in [0.2, 0.25) is 0 Å². The topological polar surface area (TPSA) is 24.9 Å². The van der Waals surface area contributed by atoms with Crippen LogP contribution in [0.3, 0.4) is 0 Å². The molecule has 3 heteroatoms. The number of benzene rings is 2. The first-order valence-corrected chi connectivity index (χ1v) is 7.46. The number of anilines is 2. The van der Waals surface area contributed by atoms with Crippen molar-refractivity contribution < 1.29 is 0 Å². The van der Waals surface area contributed by atoms with Crippen LogP contribution < -0.4 is 5.32 Å². The molecule has 0 spiro atoms. The average Bonchev–Trinajstić information content (AvgIpc) is 2.47. The van der Waals surface area contributed by atoms with Gasteiger partial charge in [-0.05, 0) is 42.3 Å². The third-order valence-corrected chi connectivity index (χ3v) is 3.87. The second-order valence-electron chi connectivity index (χ2n) is 4.66. The molecule has 0 saturated carbocycles. The lowest BCUT2D eigenvalue weighted by Gasteiger charge is -2.12. The van der Waals surface area contributed by atoms with E-state index in [9.17, 15) is 0 Å². The van der Waals surface area contributed by atoms with Gasteiger partial charge in [0.15, 0.2) is 0 Å². The number of hydrogen-bond donors (Lipinski definition) is 1. The van der Waals surface area contributed by atoms with Crippen LogP contribution in [-0.4, -0.2) is 4.98 Å². The monoisotopic (exact) mass is 326 g/mol. The van der Waals surface area contributed by atoms with Crippen molar-refractivity contribution in [1.82, 2.24) is 4.98 Å². The Morgan fingerprint density at radius 2 is 1.90 bits per heavy atom. The lowest BCUT2D eigenvalue weighted by Crippen LogP contribution is -1.96. The second-order valence-corrected chi connectivity index (χ2v) is 5.57. The molecule has 100 valence electrons. The van der Waals surface area contributed by atoms with E-state index in [1.165, 1.54) is 5.56 Å². The molecule has 3 rings (SSSR count). The smallest absolute Gasteiger partial charge is 0.0734 e. The maximum atomic E-state index is 4.42. The van der Waals surface area contributed by atoms with E-state index in [2.05, 4.69) is 63.5 Å². The molecule has 0 aliphatic heterocycles. The summed E-state index contributed by atoms with van der Waals surface area (Å²) in [6.45, 7) is 2.17. The van der Waals surface area contributed by atoms with E-state index in [1.54, 1.807) is 0 Å². The Bertz CT molecular complexity index is 753. The van der Waals surface area contributed by atoms with Crippen molar-refractivity contribution in [2.75, 3.05) is 5.32 Å². The van der Waals surface area contributed by atoms with E-state index in [-0.39, 0.29) is 0 Å². The number of hydrogen-bond acceptors (Lipinski definition) is 2. The van der Waals surface area contributed by atoms with E-state index in [4.69, 9.17) is 0 Å². The molecule has 2 nitrogen and oxygen atoms in total. The van der Waals surface area contributed by atoms with Crippen molar-refractivity contribution in [1.29, 1.82) is 0 Å². The van der Waals surface area contributed by atoms with Crippen molar-refractivity contribution in [2.24, 2.45) is 0 Å². The summed E-state index contributed by atoms with van der Waals surface area (Å²) in [6.07, 6.45) is 2.85. The molecule has 1 aromatic heterocycles. The number of halogens is 1. The highest BCUT2D eigenvalue weighted by molar-refractivity contribution is 9.10. The van der Waals surface area contributed by atoms with Gasteiger partial charge in [0, 0.05) is 27.4 Å². The Morgan fingerprint density at radius 3 is 2.75 bits per heavy atom. The summed E-state index contributed by atoms with van der Waals surface area (Å²) < 4.78 is 1.05. The van der Waals surface area contributed by atoms with Crippen LogP contribution in [0.2, 0.25) is 0 Å². The molecule has 0 radical (unpaired) electrons. The first-order chi connectivity index (χ1) is 9.78. The van der Waals surface area contributed by atoms with Crippen LogP contribution in [0.5, 0.6) is 0 Å². The summed E-state index contributed by atoms with van der Waals surface area (Å²) in [4.78, 5) is 4.42. The van der Waals surface area contributed by atoms with Gasteiger partial charge in [-0.1, -0.05) is 41.1 Å². The van der Waals surface area contributed by atoms with E-state index in [0.717, 1.165) is 33.2 Å². The third kappa shape index (κ3) is 2.54. The largest absolute Gasteiger partial charge is 0.355 e. The predicted molar refractivity (Wildman–Crippen MR) is 88.5 cm³/mol. The minimum atomic E-state index is 0.985. The van der Waals surface area contributed by atoms with Gasteiger partial charge in [-0.2, -0.15) is 0 Å².